The first kappa shape index (κ1) is 25.6. The van der Waals surface area contributed by atoms with Crippen LogP contribution in [0.4, 0.5) is 5.00 Å². The SMILES string of the molecule is CCOC(=O)c1c(NC(=O)COC(=O)CCCN2C(=O)c3ccccc3C2=O)sc2c1CCC(C)C2. The Morgan fingerprint density at radius 1 is 1.11 bits per heavy atom. The zero-order chi connectivity index (χ0) is 25.8. The van der Waals surface area contributed by atoms with Gasteiger partial charge in [0.15, 0.2) is 6.61 Å². The summed E-state index contributed by atoms with van der Waals surface area (Å²) in [6, 6.07) is 6.58. The van der Waals surface area contributed by atoms with Gasteiger partial charge in [0.25, 0.3) is 17.7 Å². The molecule has 1 aliphatic carbocycles. The van der Waals surface area contributed by atoms with E-state index in [2.05, 4.69) is 12.2 Å². The van der Waals surface area contributed by atoms with Gasteiger partial charge < -0.3 is 14.8 Å². The molecule has 1 aliphatic heterocycles. The molecule has 1 aromatic carbocycles. The predicted molar refractivity (Wildman–Crippen MR) is 132 cm³/mol. The summed E-state index contributed by atoms with van der Waals surface area (Å²) in [5, 5.41) is 3.12. The Kier molecular flexibility index (Phi) is 7.83. The highest BCUT2D eigenvalue weighted by atomic mass is 32.1. The molecular weight excluding hydrogens is 484 g/mol. The molecule has 0 bridgehead atoms. The molecule has 1 aromatic heterocycles. The maximum absolute atomic E-state index is 12.6. The van der Waals surface area contributed by atoms with Crippen LogP contribution in [0.5, 0.6) is 0 Å². The molecule has 2 aliphatic rings. The molecule has 10 heteroatoms. The Labute approximate surface area is 212 Å². The zero-order valence-electron chi connectivity index (χ0n) is 20.3. The highest BCUT2D eigenvalue weighted by molar-refractivity contribution is 7.17. The number of nitrogens with one attached hydrogen (secondary N) is 1. The molecule has 190 valence electrons. The third kappa shape index (κ3) is 5.33. The fraction of sp³-hybridized carbons (Fsp3) is 0.423. The zero-order valence-corrected chi connectivity index (χ0v) is 21.1. The minimum Gasteiger partial charge on any atom is -0.462 e. The number of fused-ring (bicyclic) bond motifs is 2. The lowest BCUT2D eigenvalue weighted by molar-refractivity contribution is -0.147. The van der Waals surface area contributed by atoms with E-state index < -0.39 is 24.5 Å². The van der Waals surface area contributed by atoms with Crippen molar-refractivity contribution in [2.24, 2.45) is 5.92 Å². The summed E-state index contributed by atoms with van der Waals surface area (Å²) in [5.74, 6) is -1.91. The van der Waals surface area contributed by atoms with Gasteiger partial charge in [0.2, 0.25) is 0 Å². The molecule has 1 unspecified atom stereocenters. The van der Waals surface area contributed by atoms with Gasteiger partial charge in [0.1, 0.15) is 5.00 Å². The minimum absolute atomic E-state index is 0.0556. The van der Waals surface area contributed by atoms with Crippen LogP contribution in [0, 0.1) is 5.92 Å². The van der Waals surface area contributed by atoms with E-state index in [9.17, 15) is 24.0 Å². The van der Waals surface area contributed by atoms with Crippen LogP contribution < -0.4 is 5.32 Å². The van der Waals surface area contributed by atoms with Crippen molar-refractivity contribution in [1.82, 2.24) is 4.90 Å². The van der Waals surface area contributed by atoms with Crippen LogP contribution in [0.15, 0.2) is 24.3 Å². The summed E-state index contributed by atoms with van der Waals surface area (Å²) in [4.78, 5) is 64.2. The molecule has 1 atom stereocenters. The minimum atomic E-state index is -0.619. The van der Waals surface area contributed by atoms with Crippen LogP contribution in [0.1, 0.15) is 74.6 Å². The Morgan fingerprint density at radius 3 is 2.47 bits per heavy atom. The smallest absolute Gasteiger partial charge is 0.341 e. The predicted octanol–water partition coefficient (Wildman–Crippen LogP) is 3.61. The highest BCUT2D eigenvalue weighted by Gasteiger charge is 2.34. The third-order valence-corrected chi connectivity index (χ3v) is 7.42. The summed E-state index contributed by atoms with van der Waals surface area (Å²) in [7, 11) is 0. The number of anilines is 1. The summed E-state index contributed by atoms with van der Waals surface area (Å²) < 4.78 is 10.3. The lowest BCUT2D eigenvalue weighted by Gasteiger charge is -2.18. The fourth-order valence-corrected chi connectivity index (χ4v) is 5.88. The highest BCUT2D eigenvalue weighted by Crippen LogP contribution is 2.40. The molecule has 0 saturated heterocycles. The average Bonchev–Trinajstić information content (AvgIpc) is 3.32. The van der Waals surface area contributed by atoms with E-state index in [-0.39, 0.29) is 37.8 Å². The molecule has 0 spiro atoms. The van der Waals surface area contributed by atoms with Crippen LogP contribution in [0.25, 0.3) is 0 Å². The van der Waals surface area contributed by atoms with E-state index in [0.29, 0.717) is 27.6 Å². The maximum atomic E-state index is 12.6. The third-order valence-electron chi connectivity index (χ3n) is 6.25. The number of benzene rings is 1. The monoisotopic (exact) mass is 512 g/mol. The molecule has 9 nitrogen and oxygen atoms in total. The van der Waals surface area contributed by atoms with E-state index in [4.69, 9.17) is 9.47 Å². The first-order valence-corrected chi connectivity index (χ1v) is 12.8. The second kappa shape index (κ2) is 11.0. The van der Waals surface area contributed by atoms with Crippen LogP contribution in [0.3, 0.4) is 0 Å². The summed E-state index contributed by atoms with van der Waals surface area (Å²) >= 11 is 1.36. The first-order chi connectivity index (χ1) is 17.3. The van der Waals surface area contributed by atoms with Crippen molar-refractivity contribution >= 4 is 46.0 Å². The van der Waals surface area contributed by atoms with Gasteiger partial charge in [0, 0.05) is 17.8 Å². The molecule has 36 heavy (non-hydrogen) atoms. The van der Waals surface area contributed by atoms with Crippen molar-refractivity contribution in [2.45, 2.75) is 46.0 Å². The van der Waals surface area contributed by atoms with Gasteiger partial charge >= 0.3 is 11.9 Å². The Balaban J connectivity index is 1.28. The number of thiophene rings is 1. The van der Waals surface area contributed by atoms with E-state index in [1.165, 1.54) is 11.3 Å². The van der Waals surface area contributed by atoms with Crippen LogP contribution in [0.2, 0.25) is 0 Å². The lowest BCUT2D eigenvalue weighted by Crippen LogP contribution is -2.31. The van der Waals surface area contributed by atoms with Gasteiger partial charge in [-0.25, -0.2) is 4.79 Å². The Bertz CT molecular complexity index is 1180. The number of amides is 3. The molecule has 0 radical (unpaired) electrons. The Hall–Kier alpha value is -3.53. The molecule has 1 N–H and O–H groups in total. The van der Waals surface area contributed by atoms with Crippen molar-refractivity contribution in [3.05, 3.63) is 51.4 Å². The number of nitrogens with zero attached hydrogens (tertiary/aromatic N) is 1. The van der Waals surface area contributed by atoms with Crippen molar-refractivity contribution in [2.75, 3.05) is 25.1 Å². The van der Waals surface area contributed by atoms with Crippen molar-refractivity contribution in [3.63, 3.8) is 0 Å². The van der Waals surface area contributed by atoms with Gasteiger partial charge in [0.05, 0.1) is 23.3 Å². The van der Waals surface area contributed by atoms with Crippen LogP contribution >= 0.6 is 11.3 Å². The summed E-state index contributed by atoms with van der Waals surface area (Å²) in [6.07, 6.45) is 2.71. The lowest BCUT2D eigenvalue weighted by atomic mass is 9.88. The summed E-state index contributed by atoms with van der Waals surface area (Å²) in [5.41, 5.74) is 2.03. The van der Waals surface area contributed by atoms with E-state index >= 15 is 0 Å². The van der Waals surface area contributed by atoms with E-state index in [1.807, 2.05) is 0 Å². The van der Waals surface area contributed by atoms with Gasteiger partial charge in [-0.15, -0.1) is 11.3 Å². The van der Waals surface area contributed by atoms with Crippen molar-refractivity contribution < 1.29 is 33.4 Å². The molecule has 3 amide bonds. The van der Waals surface area contributed by atoms with Gasteiger partial charge in [-0.05, 0) is 56.2 Å². The van der Waals surface area contributed by atoms with E-state index in [0.717, 1.165) is 34.6 Å². The number of hydrogen-bond acceptors (Lipinski definition) is 8. The second-order valence-electron chi connectivity index (χ2n) is 8.90. The molecule has 2 aromatic rings. The number of carbonyl (C=O) groups excluding carboxylic acids is 5. The van der Waals surface area contributed by atoms with E-state index in [1.54, 1.807) is 31.2 Å². The van der Waals surface area contributed by atoms with Gasteiger partial charge in [-0.2, -0.15) is 0 Å². The molecule has 4 rings (SSSR count). The molecule has 2 heterocycles. The number of ether oxygens (including phenoxy) is 2. The van der Waals surface area contributed by atoms with Gasteiger partial charge in [-0.3, -0.25) is 24.1 Å². The normalized spacial score (nSPS) is 16.4. The standard InChI is InChI=1S/C26H28N2O7S/c1-3-34-26(33)22-18-11-10-15(2)13-19(18)36-23(22)27-20(29)14-35-21(30)9-6-12-28-24(31)16-7-4-5-8-17(16)25(28)32/h4-5,7-8,15H,3,6,9-14H2,1-2H3,(H,27,29). The average molecular weight is 513 g/mol. The number of hydrogen-bond donors (Lipinski definition) is 1. The van der Waals surface area contributed by atoms with Crippen molar-refractivity contribution in [3.8, 4) is 0 Å². The van der Waals surface area contributed by atoms with Crippen LogP contribution in [-0.2, 0) is 31.9 Å². The van der Waals surface area contributed by atoms with Gasteiger partial charge in [-0.1, -0.05) is 19.1 Å². The maximum Gasteiger partial charge on any atom is 0.341 e. The molecule has 0 saturated carbocycles. The molecular formula is C26H28N2O7S. The second-order valence-corrected chi connectivity index (χ2v) is 10.0. The first-order valence-electron chi connectivity index (χ1n) is 12.0. The van der Waals surface area contributed by atoms with Crippen LogP contribution in [-0.4, -0.2) is 54.3 Å². The van der Waals surface area contributed by atoms with Crippen molar-refractivity contribution in [1.29, 1.82) is 0 Å². The number of esters is 2. The topological polar surface area (TPSA) is 119 Å². The molecule has 0 fully saturated rings. The number of rotatable bonds is 9. The number of imide groups is 1. The fourth-order valence-electron chi connectivity index (χ4n) is 4.46. The quantitative estimate of drug-likeness (QED) is 0.403. The summed E-state index contributed by atoms with van der Waals surface area (Å²) in [6.45, 7) is 3.68. The largest absolute Gasteiger partial charge is 0.462 e. The number of carbonyl (C=O) groups is 5. The Morgan fingerprint density at radius 2 is 1.81 bits per heavy atom.